The van der Waals surface area contributed by atoms with Gasteiger partial charge in [0.15, 0.2) is 29.6 Å². The highest BCUT2D eigenvalue weighted by molar-refractivity contribution is 7.70. The van der Waals surface area contributed by atoms with Gasteiger partial charge in [-0.3, -0.25) is 9.28 Å². The second kappa shape index (κ2) is 11.8. The first-order chi connectivity index (χ1) is 19.6. The molecular formula is C29H35ClN6O4P+. The first-order valence-corrected chi connectivity index (χ1v) is 16.4. The summed E-state index contributed by atoms with van der Waals surface area (Å²) < 4.78 is 24.6. The van der Waals surface area contributed by atoms with Gasteiger partial charge < -0.3 is 29.6 Å². The summed E-state index contributed by atoms with van der Waals surface area (Å²) in [4.78, 5) is 23.4. The Kier molecular flexibility index (Phi) is 8.38. The number of nitrogens with one attached hydrogen (secondary N) is 2. The summed E-state index contributed by atoms with van der Waals surface area (Å²) in [6.45, 7) is 5.80. The molecule has 3 heterocycles. The second-order valence-corrected chi connectivity index (χ2v) is 14.3. The number of hydrogen-bond donors (Lipinski definition) is 2. The minimum absolute atomic E-state index is 0.102. The van der Waals surface area contributed by atoms with E-state index in [0.717, 1.165) is 34.7 Å². The molecule has 2 N–H and O–H groups in total. The number of halogens is 1. The molecule has 10 nitrogen and oxygen atoms in total. The fourth-order valence-corrected chi connectivity index (χ4v) is 6.37. The number of methoxy groups -OCH3 is 1. The molecule has 5 rings (SSSR count). The van der Waals surface area contributed by atoms with Gasteiger partial charge in [-0.05, 0) is 37.9 Å². The van der Waals surface area contributed by atoms with Crippen molar-refractivity contribution in [2.24, 2.45) is 0 Å². The maximum atomic E-state index is 12.8. The predicted octanol–water partition coefficient (Wildman–Crippen LogP) is 5.30. The molecule has 1 aromatic heterocycles. The van der Waals surface area contributed by atoms with Crippen molar-refractivity contribution in [2.45, 2.75) is 12.8 Å². The minimum atomic E-state index is -2.52. The molecule has 0 saturated heterocycles. The lowest BCUT2D eigenvalue weighted by atomic mass is 10.1. The Morgan fingerprint density at radius 3 is 2.80 bits per heavy atom. The number of anilines is 4. The van der Waals surface area contributed by atoms with Crippen LogP contribution in [0, 0.1) is 0 Å². The highest BCUT2D eigenvalue weighted by Gasteiger charge is 2.42. The van der Waals surface area contributed by atoms with E-state index in [9.17, 15) is 9.36 Å². The lowest BCUT2D eigenvalue weighted by molar-refractivity contribution is -0.129. The van der Waals surface area contributed by atoms with Gasteiger partial charge in [0.1, 0.15) is 18.7 Å². The normalized spacial score (nSPS) is 18.1. The number of nitrogens with zero attached hydrogens (tertiary/aromatic N) is 4. The van der Waals surface area contributed by atoms with Crippen LogP contribution in [0.2, 0.25) is 5.02 Å². The molecule has 216 valence electrons. The summed E-state index contributed by atoms with van der Waals surface area (Å²) >= 11 is 6.41. The van der Waals surface area contributed by atoms with Crippen LogP contribution in [-0.2, 0) is 14.1 Å². The number of hydrogen-bond acceptors (Lipinski definition) is 8. The van der Waals surface area contributed by atoms with Gasteiger partial charge in [0.25, 0.3) is 0 Å². The van der Waals surface area contributed by atoms with Crippen molar-refractivity contribution in [2.75, 3.05) is 64.4 Å². The number of para-hydroxylation sites is 1. The summed E-state index contributed by atoms with van der Waals surface area (Å²) in [5, 5.41) is 7.53. The number of likely N-dealkylation sites (N-methyl/N-ethyl adjacent to an activating group) is 1. The fourth-order valence-electron chi connectivity index (χ4n) is 5.07. The topological polar surface area (TPSA) is 106 Å². The minimum Gasteiger partial charge on any atom is -0.477 e. The van der Waals surface area contributed by atoms with Gasteiger partial charge in [0.2, 0.25) is 11.9 Å². The Morgan fingerprint density at radius 2 is 2.02 bits per heavy atom. The van der Waals surface area contributed by atoms with Crippen LogP contribution < -0.4 is 25.2 Å². The first kappa shape index (κ1) is 29.1. The molecule has 12 heteroatoms. The van der Waals surface area contributed by atoms with E-state index < -0.39 is 7.14 Å². The van der Waals surface area contributed by atoms with E-state index in [-0.39, 0.29) is 5.91 Å². The first-order valence-electron chi connectivity index (χ1n) is 13.4. The number of rotatable bonds is 9. The van der Waals surface area contributed by atoms with E-state index in [1.54, 1.807) is 25.3 Å². The summed E-state index contributed by atoms with van der Waals surface area (Å²) in [7, 11) is 1.27. The molecule has 2 aliphatic heterocycles. The lowest BCUT2D eigenvalue weighted by Crippen LogP contribution is -2.56. The lowest BCUT2D eigenvalue weighted by Gasteiger charge is -2.43. The summed E-state index contributed by atoms with van der Waals surface area (Å²) in [6.07, 6.45) is 4.63. The average molecular weight is 598 g/mol. The van der Waals surface area contributed by atoms with E-state index in [0.29, 0.717) is 59.6 Å². The molecule has 3 aromatic rings. The zero-order valence-electron chi connectivity index (χ0n) is 23.7. The molecule has 2 aromatic carbocycles. The van der Waals surface area contributed by atoms with Crippen LogP contribution in [-0.4, -0.2) is 74.6 Å². The monoisotopic (exact) mass is 597 g/mol. The molecule has 0 bridgehead atoms. The Bertz CT molecular complexity index is 1540. The molecule has 1 amide bonds. The number of quaternary nitrogens is 1. The highest BCUT2D eigenvalue weighted by Crippen LogP contribution is 2.43. The largest absolute Gasteiger partial charge is 0.477 e. The molecular weight excluding hydrogens is 563 g/mol. The van der Waals surface area contributed by atoms with E-state index >= 15 is 0 Å². The number of ether oxygens (including phenoxy) is 2. The maximum Gasteiger partial charge on any atom is 0.229 e. The van der Waals surface area contributed by atoms with Crippen LogP contribution in [0.4, 0.5) is 28.8 Å². The van der Waals surface area contributed by atoms with Gasteiger partial charge in [-0.25, -0.2) is 4.98 Å². The van der Waals surface area contributed by atoms with Crippen molar-refractivity contribution in [1.29, 1.82) is 0 Å². The van der Waals surface area contributed by atoms with E-state index in [2.05, 4.69) is 27.6 Å². The average Bonchev–Trinajstić information content (AvgIpc) is 2.94. The molecule has 0 spiro atoms. The van der Waals surface area contributed by atoms with Gasteiger partial charge in [0.05, 0.1) is 31.7 Å². The zero-order valence-corrected chi connectivity index (χ0v) is 25.3. The quantitative estimate of drug-likeness (QED) is 0.194. The van der Waals surface area contributed by atoms with Crippen LogP contribution in [0.5, 0.6) is 5.75 Å². The standard InChI is InChI=1S/C29H35ClN6O4P/c1-36-14-13-35(27(37)10-7-15-39-2)18-21(36)19-40-25-16-20(11-12-24(25)36)32-29-31-17-22(30)28(34-29)33-23-8-5-6-9-26(23)41(3,4)38/h5-6,8-9,11-12,16-18H,7,10,13-15,19H2,1-4H3,(H2,31,32,33,34)/q+1. The van der Waals surface area contributed by atoms with E-state index in [1.807, 2.05) is 48.7 Å². The van der Waals surface area contributed by atoms with Crippen molar-refractivity contribution in [3.8, 4) is 5.75 Å². The summed E-state index contributed by atoms with van der Waals surface area (Å²) in [5.41, 5.74) is 3.51. The number of fused-ring (bicyclic) bond motifs is 3. The van der Waals surface area contributed by atoms with Crippen LogP contribution in [0.15, 0.2) is 60.6 Å². The Hall–Kier alpha value is -3.43. The van der Waals surface area contributed by atoms with Gasteiger partial charge in [-0.1, -0.05) is 23.7 Å². The highest BCUT2D eigenvalue weighted by atomic mass is 35.5. The van der Waals surface area contributed by atoms with Crippen LogP contribution >= 0.6 is 18.7 Å². The number of amides is 1. The van der Waals surface area contributed by atoms with Gasteiger partial charge >= 0.3 is 0 Å². The van der Waals surface area contributed by atoms with Crippen LogP contribution in [0.1, 0.15) is 12.8 Å². The smallest absolute Gasteiger partial charge is 0.229 e. The predicted molar refractivity (Wildman–Crippen MR) is 165 cm³/mol. The third-order valence-corrected chi connectivity index (χ3v) is 9.22. The molecule has 2 aliphatic rings. The Balaban J connectivity index is 1.33. The van der Waals surface area contributed by atoms with Crippen molar-refractivity contribution < 1.29 is 18.8 Å². The van der Waals surface area contributed by atoms with Crippen LogP contribution in [0.25, 0.3) is 0 Å². The molecule has 0 radical (unpaired) electrons. The van der Waals surface area contributed by atoms with E-state index in [4.69, 9.17) is 21.1 Å². The summed E-state index contributed by atoms with van der Waals surface area (Å²) in [6, 6.07) is 13.3. The Labute approximate surface area is 245 Å². The molecule has 0 fully saturated rings. The van der Waals surface area contributed by atoms with Gasteiger partial charge in [-0.15, -0.1) is 0 Å². The van der Waals surface area contributed by atoms with Crippen molar-refractivity contribution in [3.05, 3.63) is 65.6 Å². The molecule has 0 saturated carbocycles. The van der Waals surface area contributed by atoms with Crippen LogP contribution in [0.3, 0.4) is 0 Å². The van der Waals surface area contributed by atoms with Crippen molar-refractivity contribution >= 4 is 58.8 Å². The Morgan fingerprint density at radius 1 is 1.22 bits per heavy atom. The number of carbonyl (C=O) groups excluding carboxylic acids is 1. The molecule has 41 heavy (non-hydrogen) atoms. The van der Waals surface area contributed by atoms with Gasteiger partial charge in [0, 0.05) is 43.3 Å². The summed E-state index contributed by atoms with van der Waals surface area (Å²) in [5.74, 6) is 1.62. The number of carbonyl (C=O) groups is 1. The van der Waals surface area contributed by atoms with Crippen molar-refractivity contribution in [3.63, 3.8) is 0 Å². The third-order valence-electron chi connectivity index (χ3n) is 7.39. The molecule has 0 aliphatic carbocycles. The van der Waals surface area contributed by atoms with E-state index in [1.165, 1.54) is 6.20 Å². The SMILES string of the molecule is COCCCC(=O)N1C=C2COc3cc(Nc4ncc(Cl)c(Nc5ccccc5P(C)(C)=O)n4)ccc3[N+]2(C)CC1. The number of aromatic nitrogens is 2. The maximum absolute atomic E-state index is 12.8. The second-order valence-electron chi connectivity index (χ2n) is 10.7. The zero-order chi connectivity index (χ0) is 29.2. The van der Waals surface area contributed by atoms with Crippen molar-refractivity contribution in [1.82, 2.24) is 19.4 Å². The number of benzene rings is 2. The fraction of sp³-hybridized carbons (Fsp3) is 0.345. The van der Waals surface area contributed by atoms with Gasteiger partial charge in [-0.2, -0.15) is 4.98 Å². The third kappa shape index (κ3) is 6.26. The molecule has 1 unspecified atom stereocenters. The molecule has 1 atom stereocenters.